The van der Waals surface area contributed by atoms with Gasteiger partial charge in [0.25, 0.3) is 5.91 Å². The Morgan fingerprint density at radius 3 is 2.75 bits per heavy atom. The van der Waals surface area contributed by atoms with Gasteiger partial charge in [-0.05, 0) is 55.2 Å². The molecule has 1 atom stereocenters. The first-order valence-electron chi connectivity index (χ1n) is 7.42. The third kappa shape index (κ3) is 4.88. The standard InChI is InChI=1S/C17H19BrN2O3S/c1-11-12(18)5-3-6-13(11)19-16(21)14(8-10-24-2)20-17(22)15-7-4-9-23-15/h3-7,9,14H,8,10H2,1-2H3,(H,19,21)(H,20,22). The van der Waals surface area contributed by atoms with Crippen LogP contribution in [0.3, 0.4) is 0 Å². The van der Waals surface area contributed by atoms with Gasteiger partial charge in [-0.2, -0.15) is 11.8 Å². The molecule has 0 saturated carbocycles. The van der Waals surface area contributed by atoms with Gasteiger partial charge in [0.15, 0.2) is 5.76 Å². The van der Waals surface area contributed by atoms with Crippen molar-refractivity contribution in [2.75, 3.05) is 17.3 Å². The molecule has 0 aliphatic carbocycles. The maximum absolute atomic E-state index is 12.6. The third-order valence-electron chi connectivity index (χ3n) is 3.50. The number of carbonyl (C=O) groups is 2. The van der Waals surface area contributed by atoms with Gasteiger partial charge in [-0.25, -0.2) is 0 Å². The molecular formula is C17H19BrN2O3S. The SMILES string of the molecule is CSCCC(NC(=O)c1ccco1)C(=O)Nc1cccc(Br)c1C. The molecular weight excluding hydrogens is 392 g/mol. The van der Waals surface area contributed by atoms with E-state index >= 15 is 0 Å². The van der Waals surface area contributed by atoms with Crippen molar-refractivity contribution < 1.29 is 14.0 Å². The minimum atomic E-state index is -0.631. The number of hydrogen-bond acceptors (Lipinski definition) is 4. The first-order valence-corrected chi connectivity index (χ1v) is 9.61. The van der Waals surface area contributed by atoms with Crippen LogP contribution in [0.5, 0.6) is 0 Å². The van der Waals surface area contributed by atoms with Gasteiger partial charge in [0.05, 0.1) is 6.26 Å². The molecule has 1 aromatic heterocycles. The Morgan fingerprint density at radius 1 is 1.29 bits per heavy atom. The summed E-state index contributed by atoms with van der Waals surface area (Å²) in [4.78, 5) is 24.8. The summed E-state index contributed by atoms with van der Waals surface area (Å²) >= 11 is 5.07. The number of furan rings is 1. The molecule has 2 rings (SSSR count). The van der Waals surface area contributed by atoms with Crippen LogP contribution in [-0.2, 0) is 4.79 Å². The summed E-state index contributed by atoms with van der Waals surface area (Å²) < 4.78 is 6.00. The van der Waals surface area contributed by atoms with Crippen molar-refractivity contribution in [1.29, 1.82) is 0 Å². The van der Waals surface area contributed by atoms with Crippen LogP contribution in [0.15, 0.2) is 45.5 Å². The molecule has 1 heterocycles. The molecule has 1 unspecified atom stereocenters. The van der Waals surface area contributed by atoms with Crippen LogP contribution in [0.4, 0.5) is 5.69 Å². The lowest BCUT2D eigenvalue weighted by Crippen LogP contribution is -2.44. The Balaban J connectivity index is 2.09. The molecule has 2 amide bonds. The maximum Gasteiger partial charge on any atom is 0.287 e. The minimum absolute atomic E-state index is 0.190. The second-order valence-corrected chi connectivity index (χ2v) is 7.03. The quantitative estimate of drug-likeness (QED) is 0.726. The van der Waals surface area contributed by atoms with Crippen LogP contribution < -0.4 is 10.6 Å². The average Bonchev–Trinajstić information content (AvgIpc) is 3.10. The predicted molar refractivity (Wildman–Crippen MR) is 100 cm³/mol. The van der Waals surface area contributed by atoms with Crippen molar-refractivity contribution in [2.24, 2.45) is 0 Å². The number of halogens is 1. The van der Waals surface area contributed by atoms with Crippen molar-refractivity contribution in [3.63, 3.8) is 0 Å². The Morgan fingerprint density at radius 2 is 2.08 bits per heavy atom. The average molecular weight is 411 g/mol. The highest BCUT2D eigenvalue weighted by Crippen LogP contribution is 2.23. The molecule has 0 aliphatic rings. The maximum atomic E-state index is 12.6. The number of hydrogen-bond donors (Lipinski definition) is 2. The molecule has 24 heavy (non-hydrogen) atoms. The van der Waals surface area contributed by atoms with E-state index in [2.05, 4.69) is 26.6 Å². The van der Waals surface area contributed by atoms with Gasteiger partial charge in [0.1, 0.15) is 6.04 Å². The van der Waals surface area contributed by atoms with E-state index in [9.17, 15) is 9.59 Å². The summed E-state index contributed by atoms with van der Waals surface area (Å²) in [6.07, 6.45) is 3.92. The van der Waals surface area contributed by atoms with Crippen LogP contribution in [0, 0.1) is 6.92 Å². The number of benzene rings is 1. The zero-order valence-electron chi connectivity index (χ0n) is 13.5. The number of anilines is 1. The minimum Gasteiger partial charge on any atom is -0.459 e. The smallest absolute Gasteiger partial charge is 0.287 e. The van der Waals surface area contributed by atoms with Crippen LogP contribution >= 0.6 is 27.7 Å². The third-order valence-corrected chi connectivity index (χ3v) is 5.01. The van der Waals surface area contributed by atoms with E-state index in [-0.39, 0.29) is 11.7 Å². The van der Waals surface area contributed by atoms with Crippen LogP contribution in [-0.4, -0.2) is 29.9 Å². The summed E-state index contributed by atoms with van der Waals surface area (Å²) in [6, 6.07) is 8.17. The Labute approximate surface area is 153 Å². The summed E-state index contributed by atoms with van der Waals surface area (Å²) in [5.41, 5.74) is 1.66. The summed E-state index contributed by atoms with van der Waals surface area (Å²) in [7, 11) is 0. The molecule has 2 aromatic rings. The van der Waals surface area contributed by atoms with Crippen LogP contribution in [0.2, 0.25) is 0 Å². The van der Waals surface area contributed by atoms with Gasteiger partial charge in [-0.1, -0.05) is 22.0 Å². The molecule has 0 bridgehead atoms. The van der Waals surface area contributed by atoms with Crippen LogP contribution in [0.25, 0.3) is 0 Å². The fourth-order valence-corrected chi connectivity index (χ4v) is 2.94. The first kappa shape index (κ1) is 18.6. The first-order chi connectivity index (χ1) is 11.5. The number of thioether (sulfide) groups is 1. The zero-order valence-corrected chi connectivity index (χ0v) is 15.9. The number of amides is 2. The number of rotatable bonds is 7. The van der Waals surface area contributed by atoms with Crippen LogP contribution in [0.1, 0.15) is 22.5 Å². The highest BCUT2D eigenvalue weighted by atomic mass is 79.9. The van der Waals surface area contributed by atoms with Gasteiger partial charge in [-0.3, -0.25) is 9.59 Å². The van der Waals surface area contributed by atoms with E-state index in [1.807, 2.05) is 31.4 Å². The molecule has 0 saturated heterocycles. The van der Waals surface area contributed by atoms with E-state index in [1.54, 1.807) is 23.9 Å². The zero-order chi connectivity index (χ0) is 17.5. The number of carbonyl (C=O) groups excluding carboxylic acids is 2. The molecule has 0 fully saturated rings. The highest BCUT2D eigenvalue weighted by Gasteiger charge is 2.22. The lowest BCUT2D eigenvalue weighted by Gasteiger charge is -2.18. The monoisotopic (exact) mass is 410 g/mol. The topological polar surface area (TPSA) is 71.3 Å². The Kier molecular flexibility index (Phi) is 6.93. The Hall–Kier alpha value is -1.73. The van der Waals surface area contributed by atoms with E-state index in [0.717, 1.165) is 21.5 Å². The van der Waals surface area contributed by atoms with Crippen molar-refractivity contribution in [1.82, 2.24) is 5.32 Å². The van der Waals surface area contributed by atoms with Crippen molar-refractivity contribution in [2.45, 2.75) is 19.4 Å². The normalized spacial score (nSPS) is 11.8. The highest BCUT2D eigenvalue weighted by molar-refractivity contribution is 9.10. The molecule has 1 aromatic carbocycles. The van der Waals surface area contributed by atoms with Crippen molar-refractivity contribution >= 4 is 45.2 Å². The molecule has 0 aliphatic heterocycles. The molecule has 5 nitrogen and oxygen atoms in total. The van der Waals surface area contributed by atoms with Gasteiger partial charge in [0.2, 0.25) is 5.91 Å². The van der Waals surface area contributed by atoms with Crippen molar-refractivity contribution in [3.05, 3.63) is 52.4 Å². The molecule has 0 radical (unpaired) electrons. The van der Waals surface area contributed by atoms with Gasteiger partial charge in [-0.15, -0.1) is 0 Å². The Bertz CT molecular complexity index is 704. The molecule has 7 heteroatoms. The lowest BCUT2D eigenvalue weighted by atomic mass is 10.1. The molecule has 2 N–H and O–H groups in total. The summed E-state index contributed by atoms with van der Waals surface area (Å²) in [5.74, 6) is 0.307. The van der Waals surface area contributed by atoms with Gasteiger partial charge in [0, 0.05) is 10.2 Å². The number of nitrogens with one attached hydrogen (secondary N) is 2. The summed E-state index contributed by atoms with van der Waals surface area (Å²) in [6.45, 7) is 1.91. The molecule has 128 valence electrons. The molecule has 0 spiro atoms. The predicted octanol–water partition coefficient (Wildman–Crippen LogP) is 3.84. The fourth-order valence-electron chi connectivity index (χ4n) is 2.10. The van der Waals surface area contributed by atoms with Gasteiger partial charge < -0.3 is 15.1 Å². The van der Waals surface area contributed by atoms with E-state index in [1.165, 1.54) is 6.26 Å². The van der Waals surface area contributed by atoms with E-state index in [4.69, 9.17) is 4.42 Å². The second-order valence-electron chi connectivity index (χ2n) is 5.19. The van der Waals surface area contributed by atoms with E-state index in [0.29, 0.717) is 6.42 Å². The largest absolute Gasteiger partial charge is 0.459 e. The van der Waals surface area contributed by atoms with Crippen molar-refractivity contribution in [3.8, 4) is 0 Å². The van der Waals surface area contributed by atoms with Gasteiger partial charge >= 0.3 is 0 Å². The second kappa shape index (κ2) is 8.94. The lowest BCUT2D eigenvalue weighted by molar-refractivity contribution is -0.118. The fraction of sp³-hybridized carbons (Fsp3) is 0.294. The summed E-state index contributed by atoms with van der Waals surface area (Å²) in [5, 5.41) is 5.63. The van der Waals surface area contributed by atoms with E-state index < -0.39 is 11.9 Å².